The summed E-state index contributed by atoms with van der Waals surface area (Å²) < 4.78 is 11.6. The Morgan fingerprint density at radius 1 is 1.20 bits per heavy atom. The first-order valence-corrected chi connectivity index (χ1v) is 7.81. The standard InChI is InChI=1S/C10H20NO2PS/c12-14(13,8-9-15)11-10-6-4-2-1-3-5-7-10/h8-10,15H,1-7H2,(H2,11,12,13)/b9-8-. The van der Waals surface area contributed by atoms with Crippen LogP contribution in [-0.4, -0.2) is 10.9 Å². The molecule has 2 N–H and O–H groups in total. The van der Waals surface area contributed by atoms with Gasteiger partial charge in [0.25, 0.3) is 7.52 Å². The Balaban J connectivity index is 2.44. The van der Waals surface area contributed by atoms with Gasteiger partial charge >= 0.3 is 0 Å². The van der Waals surface area contributed by atoms with Crippen molar-refractivity contribution in [2.24, 2.45) is 0 Å². The van der Waals surface area contributed by atoms with Crippen molar-refractivity contribution >= 4 is 20.1 Å². The second kappa shape index (κ2) is 6.74. The van der Waals surface area contributed by atoms with Crippen LogP contribution in [0.4, 0.5) is 0 Å². The second-order valence-corrected chi connectivity index (χ2v) is 6.19. The number of hydrogen-bond acceptors (Lipinski definition) is 2. The number of nitrogens with one attached hydrogen (secondary N) is 1. The molecule has 0 amide bonds. The van der Waals surface area contributed by atoms with E-state index >= 15 is 0 Å². The van der Waals surface area contributed by atoms with E-state index in [-0.39, 0.29) is 6.04 Å². The lowest BCUT2D eigenvalue weighted by molar-refractivity contribution is 0.403. The van der Waals surface area contributed by atoms with E-state index in [1.807, 2.05) is 0 Å². The highest BCUT2D eigenvalue weighted by atomic mass is 32.1. The van der Waals surface area contributed by atoms with E-state index in [1.165, 1.54) is 30.5 Å². The fraction of sp³-hybridized carbons (Fsp3) is 0.800. The van der Waals surface area contributed by atoms with Crippen molar-refractivity contribution in [3.8, 4) is 0 Å². The Morgan fingerprint density at radius 2 is 1.73 bits per heavy atom. The summed E-state index contributed by atoms with van der Waals surface area (Å²) in [6, 6.07) is 0.186. The van der Waals surface area contributed by atoms with Gasteiger partial charge in [0.15, 0.2) is 0 Å². The van der Waals surface area contributed by atoms with Crippen LogP contribution in [0.2, 0.25) is 0 Å². The first kappa shape index (κ1) is 13.3. The molecule has 1 atom stereocenters. The van der Waals surface area contributed by atoms with Crippen LogP contribution in [0.1, 0.15) is 44.9 Å². The van der Waals surface area contributed by atoms with Crippen LogP contribution < -0.4 is 5.09 Å². The van der Waals surface area contributed by atoms with E-state index in [2.05, 4.69) is 17.7 Å². The molecule has 0 heterocycles. The molecule has 1 aliphatic rings. The summed E-state index contributed by atoms with van der Waals surface area (Å²) in [7, 11) is -3.30. The maximum atomic E-state index is 11.6. The molecule has 0 spiro atoms. The number of hydrogen-bond donors (Lipinski definition) is 3. The average Bonchev–Trinajstić information content (AvgIpc) is 2.09. The van der Waals surface area contributed by atoms with Gasteiger partial charge in [-0.05, 0) is 18.2 Å². The van der Waals surface area contributed by atoms with Crippen LogP contribution in [0, 0.1) is 0 Å². The highest BCUT2D eigenvalue weighted by molar-refractivity contribution is 7.83. The molecule has 1 fully saturated rings. The fourth-order valence-electron chi connectivity index (χ4n) is 1.98. The van der Waals surface area contributed by atoms with Crippen molar-refractivity contribution in [3.05, 3.63) is 11.2 Å². The number of rotatable bonds is 3. The SMILES string of the molecule is O=P(O)(/C=C\S)NC1CCCCCCC1. The zero-order valence-corrected chi connectivity index (χ0v) is 10.7. The molecule has 1 unspecified atom stereocenters. The predicted octanol–water partition coefficient (Wildman–Crippen LogP) is 3.28. The second-order valence-electron chi connectivity index (χ2n) is 4.09. The third kappa shape index (κ3) is 5.76. The summed E-state index contributed by atoms with van der Waals surface area (Å²) >= 11 is 3.82. The van der Waals surface area contributed by atoms with Crippen molar-refractivity contribution in [1.29, 1.82) is 0 Å². The van der Waals surface area contributed by atoms with Crippen LogP contribution in [0.25, 0.3) is 0 Å². The van der Waals surface area contributed by atoms with Crippen molar-refractivity contribution in [1.82, 2.24) is 5.09 Å². The third-order valence-electron chi connectivity index (χ3n) is 2.74. The van der Waals surface area contributed by atoms with Gasteiger partial charge < -0.3 is 4.89 Å². The van der Waals surface area contributed by atoms with Crippen LogP contribution >= 0.6 is 20.1 Å². The smallest absolute Gasteiger partial charge is 0.290 e. The third-order valence-corrected chi connectivity index (χ3v) is 4.41. The van der Waals surface area contributed by atoms with Crippen molar-refractivity contribution < 1.29 is 9.46 Å². The molecule has 0 aromatic heterocycles. The highest BCUT2D eigenvalue weighted by Crippen LogP contribution is 2.39. The van der Waals surface area contributed by atoms with Crippen molar-refractivity contribution in [2.75, 3.05) is 0 Å². The molecule has 0 saturated heterocycles. The van der Waals surface area contributed by atoms with E-state index in [9.17, 15) is 9.46 Å². The van der Waals surface area contributed by atoms with Crippen LogP contribution in [0.3, 0.4) is 0 Å². The minimum absolute atomic E-state index is 0.186. The minimum atomic E-state index is -3.30. The fourth-order valence-corrected chi connectivity index (χ4v) is 3.57. The molecule has 1 aliphatic carbocycles. The van der Waals surface area contributed by atoms with Gasteiger partial charge in [0.2, 0.25) is 0 Å². The molecule has 1 saturated carbocycles. The minimum Gasteiger partial charge on any atom is -0.330 e. The van der Waals surface area contributed by atoms with Crippen LogP contribution in [0.5, 0.6) is 0 Å². The lowest BCUT2D eigenvalue weighted by Gasteiger charge is -2.22. The predicted molar refractivity (Wildman–Crippen MR) is 67.2 cm³/mol. The molecule has 0 bridgehead atoms. The zero-order valence-electron chi connectivity index (χ0n) is 8.93. The lowest BCUT2D eigenvalue weighted by Crippen LogP contribution is -2.26. The molecule has 15 heavy (non-hydrogen) atoms. The monoisotopic (exact) mass is 249 g/mol. The van der Waals surface area contributed by atoms with E-state index in [0.29, 0.717) is 0 Å². The van der Waals surface area contributed by atoms with E-state index < -0.39 is 7.52 Å². The van der Waals surface area contributed by atoms with Gasteiger partial charge in [-0.15, -0.1) is 0 Å². The molecule has 0 aromatic rings. The van der Waals surface area contributed by atoms with Gasteiger partial charge in [-0.1, -0.05) is 32.1 Å². The van der Waals surface area contributed by atoms with E-state index in [0.717, 1.165) is 25.7 Å². The molecule has 0 aliphatic heterocycles. The molecular weight excluding hydrogens is 229 g/mol. The molecule has 5 heteroatoms. The number of thiol groups is 1. The largest absolute Gasteiger partial charge is 0.330 e. The summed E-state index contributed by atoms with van der Waals surface area (Å²) in [6.07, 6.45) is 8.12. The summed E-state index contributed by atoms with van der Waals surface area (Å²) in [5, 5.41) is 4.17. The Morgan fingerprint density at radius 3 is 2.27 bits per heavy atom. The van der Waals surface area contributed by atoms with Gasteiger partial charge in [0, 0.05) is 11.9 Å². The normalized spacial score (nSPS) is 24.7. The Hall–Kier alpha value is 0.240. The van der Waals surface area contributed by atoms with Gasteiger partial charge in [0.1, 0.15) is 0 Å². The van der Waals surface area contributed by atoms with Crippen LogP contribution in [-0.2, 0) is 4.57 Å². The molecule has 0 aromatic carbocycles. The maximum absolute atomic E-state index is 11.6. The summed E-state index contributed by atoms with van der Waals surface area (Å²) in [5.74, 6) is 1.24. The first-order valence-electron chi connectivity index (χ1n) is 5.56. The summed E-state index contributed by atoms with van der Waals surface area (Å²) in [6.45, 7) is 0. The lowest BCUT2D eigenvalue weighted by atomic mass is 9.97. The average molecular weight is 249 g/mol. The van der Waals surface area contributed by atoms with Gasteiger partial charge in [-0.25, -0.2) is 5.09 Å². The van der Waals surface area contributed by atoms with E-state index in [1.54, 1.807) is 0 Å². The van der Waals surface area contributed by atoms with Crippen molar-refractivity contribution in [2.45, 2.75) is 51.0 Å². The molecule has 88 valence electrons. The quantitative estimate of drug-likeness (QED) is 0.531. The zero-order chi connectivity index (χ0) is 11.1. The van der Waals surface area contributed by atoms with Crippen LogP contribution in [0.15, 0.2) is 11.2 Å². The highest BCUT2D eigenvalue weighted by Gasteiger charge is 2.20. The molecule has 3 nitrogen and oxygen atoms in total. The van der Waals surface area contributed by atoms with Crippen molar-refractivity contribution in [3.63, 3.8) is 0 Å². The topological polar surface area (TPSA) is 49.3 Å². The molecule has 1 rings (SSSR count). The summed E-state index contributed by atoms with van der Waals surface area (Å²) in [5.41, 5.74) is 0. The van der Waals surface area contributed by atoms with Gasteiger partial charge in [-0.2, -0.15) is 12.6 Å². The van der Waals surface area contributed by atoms with E-state index in [4.69, 9.17) is 0 Å². The molecule has 0 radical (unpaired) electrons. The Labute approximate surface area is 97.3 Å². The Bertz CT molecular complexity index is 250. The summed E-state index contributed by atoms with van der Waals surface area (Å²) in [4.78, 5) is 9.54. The van der Waals surface area contributed by atoms with Gasteiger partial charge in [-0.3, -0.25) is 4.57 Å². The first-order chi connectivity index (χ1) is 7.14. The van der Waals surface area contributed by atoms with Gasteiger partial charge in [0.05, 0.1) is 0 Å². The molecular formula is C10H20NO2PS. The Kier molecular flexibility index (Phi) is 5.98. The maximum Gasteiger partial charge on any atom is 0.290 e.